The molecule has 0 aliphatic rings. The number of hydrogen-bond acceptors (Lipinski definition) is 5. The average molecular weight is 315 g/mol. The zero-order valence-electron chi connectivity index (χ0n) is 13.6. The first kappa shape index (κ1) is 20.6. The van der Waals surface area contributed by atoms with Gasteiger partial charge in [0.25, 0.3) is 0 Å². The molecule has 0 radical (unpaired) electrons. The summed E-state index contributed by atoms with van der Waals surface area (Å²) in [5, 5.41) is 10.7. The Labute approximate surface area is 132 Å². The Bertz CT molecular complexity index is 330. The van der Waals surface area contributed by atoms with Gasteiger partial charge in [0.05, 0.1) is 13.1 Å². The van der Waals surface area contributed by atoms with Crippen molar-refractivity contribution >= 4 is 17.9 Å². The van der Waals surface area contributed by atoms with Crippen LogP contribution in [-0.2, 0) is 19.1 Å². The second kappa shape index (κ2) is 14.5. The lowest BCUT2D eigenvalue weighted by Gasteiger charge is -2.04. The van der Waals surface area contributed by atoms with Crippen LogP contribution in [0.3, 0.4) is 0 Å². The molecular weight excluding hydrogens is 286 g/mol. The fraction of sp³-hybridized carbons (Fsp3) is 0.812. The Morgan fingerprint density at radius 2 is 1.36 bits per heavy atom. The van der Waals surface area contributed by atoms with Crippen molar-refractivity contribution in [2.45, 2.75) is 71.1 Å². The van der Waals surface area contributed by atoms with Gasteiger partial charge < -0.3 is 9.84 Å². The number of aliphatic carboxylic acids is 1. The number of esters is 2. The lowest BCUT2D eigenvalue weighted by Crippen LogP contribution is -2.30. The second-order valence-corrected chi connectivity index (χ2v) is 5.42. The highest BCUT2D eigenvalue weighted by Gasteiger charge is 2.10. The van der Waals surface area contributed by atoms with Gasteiger partial charge in [-0.3, -0.25) is 19.7 Å². The van der Waals surface area contributed by atoms with E-state index in [-0.39, 0.29) is 19.5 Å². The van der Waals surface area contributed by atoms with Gasteiger partial charge in [0.15, 0.2) is 0 Å². The first-order valence-corrected chi connectivity index (χ1v) is 8.22. The quantitative estimate of drug-likeness (QED) is 0.291. The number of carbonyl (C=O) groups excluding carboxylic acids is 2. The maximum absolute atomic E-state index is 11.4. The van der Waals surface area contributed by atoms with Crippen LogP contribution in [0, 0.1) is 0 Å². The minimum atomic E-state index is -1.06. The van der Waals surface area contributed by atoms with E-state index in [9.17, 15) is 14.4 Å². The number of carboxylic acid groups (broad SMARTS) is 1. The van der Waals surface area contributed by atoms with Crippen LogP contribution >= 0.6 is 0 Å². The summed E-state index contributed by atoms with van der Waals surface area (Å²) in [5.41, 5.74) is 0. The van der Waals surface area contributed by atoms with Crippen LogP contribution in [0.5, 0.6) is 0 Å². The maximum atomic E-state index is 11.4. The Balaban J connectivity index is 3.38. The number of carboxylic acids is 1. The number of carbonyl (C=O) groups is 3. The van der Waals surface area contributed by atoms with Gasteiger partial charge in [-0.05, 0) is 6.42 Å². The molecule has 2 N–H and O–H groups in total. The fourth-order valence-corrected chi connectivity index (χ4v) is 2.07. The molecule has 0 saturated heterocycles. The number of rotatable bonds is 14. The van der Waals surface area contributed by atoms with Crippen molar-refractivity contribution in [2.24, 2.45) is 0 Å². The standard InChI is InChI=1S/C16H29NO5/c1-2-3-4-5-6-7-8-9-10-11-15(20)22-16(21)13-17-12-14(18)19/h17H,2-13H2,1H3,(H,18,19). The van der Waals surface area contributed by atoms with E-state index in [1.165, 1.54) is 38.5 Å². The highest BCUT2D eigenvalue weighted by atomic mass is 16.6. The van der Waals surface area contributed by atoms with E-state index in [1.807, 2.05) is 0 Å². The number of hydrogen-bond donors (Lipinski definition) is 2. The third kappa shape index (κ3) is 15.0. The van der Waals surface area contributed by atoms with Crippen molar-refractivity contribution in [3.63, 3.8) is 0 Å². The molecule has 6 heteroatoms. The van der Waals surface area contributed by atoms with Crippen LogP contribution in [0.2, 0.25) is 0 Å². The molecule has 0 aromatic rings. The smallest absolute Gasteiger partial charge is 0.327 e. The van der Waals surface area contributed by atoms with Gasteiger partial charge >= 0.3 is 17.9 Å². The molecule has 0 unspecified atom stereocenters. The molecule has 0 amide bonds. The van der Waals surface area contributed by atoms with Gasteiger partial charge in [-0.1, -0.05) is 58.3 Å². The molecule has 0 aromatic heterocycles. The summed E-state index contributed by atoms with van der Waals surface area (Å²) in [6, 6.07) is 0. The zero-order valence-corrected chi connectivity index (χ0v) is 13.6. The third-order valence-electron chi connectivity index (χ3n) is 3.26. The summed E-state index contributed by atoms with van der Waals surface area (Å²) in [6.07, 6.45) is 10.6. The molecule has 0 saturated carbocycles. The fourth-order valence-electron chi connectivity index (χ4n) is 2.07. The highest BCUT2D eigenvalue weighted by Crippen LogP contribution is 2.10. The van der Waals surface area contributed by atoms with Gasteiger partial charge in [0, 0.05) is 6.42 Å². The molecule has 6 nitrogen and oxygen atoms in total. The van der Waals surface area contributed by atoms with Crippen LogP contribution in [0.4, 0.5) is 0 Å². The molecule has 0 aliphatic heterocycles. The van der Waals surface area contributed by atoms with Crippen LogP contribution in [-0.4, -0.2) is 36.1 Å². The van der Waals surface area contributed by atoms with Gasteiger partial charge in [0.1, 0.15) is 0 Å². The maximum Gasteiger partial charge on any atom is 0.327 e. The van der Waals surface area contributed by atoms with Crippen molar-refractivity contribution in [2.75, 3.05) is 13.1 Å². The molecular formula is C16H29NO5. The molecule has 0 bridgehead atoms. The lowest BCUT2D eigenvalue weighted by atomic mass is 10.1. The summed E-state index contributed by atoms with van der Waals surface area (Å²) in [6.45, 7) is 1.60. The van der Waals surface area contributed by atoms with Gasteiger partial charge in [-0.2, -0.15) is 0 Å². The number of ether oxygens (including phenoxy) is 1. The predicted molar refractivity (Wildman–Crippen MR) is 83.4 cm³/mol. The largest absolute Gasteiger partial charge is 0.480 e. The molecule has 0 spiro atoms. The van der Waals surface area contributed by atoms with E-state index < -0.39 is 17.9 Å². The van der Waals surface area contributed by atoms with Gasteiger partial charge in [-0.15, -0.1) is 0 Å². The summed E-state index contributed by atoms with van der Waals surface area (Å²) in [4.78, 5) is 32.8. The minimum absolute atomic E-state index is 0.237. The first-order valence-electron chi connectivity index (χ1n) is 8.22. The molecule has 0 fully saturated rings. The first-order chi connectivity index (χ1) is 10.6. The molecule has 0 atom stereocenters. The molecule has 22 heavy (non-hydrogen) atoms. The summed E-state index contributed by atoms with van der Waals surface area (Å²) in [7, 11) is 0. The lowest BCUT2D eigenvalue weighted by molar-refractivity contribution is -0.159. The van der Waals surface area contributed by atoms with Crippen LogP contribution < -0.4 is 5.32 Å². The van der Waals surface area contributed by atoms with Crippen molar-refractivity contribution < 1.29 is 24.2 Å². The monoisotopic (exact) mass is 315 g/mol. The van der Waals surface area contributed by atoms with Crippen molar-refractivity contribution in [1.82, 2.24) is 5.32 Å². The second-order valence-electron chi connectivity index (χ2n) is 5.42. The predicted octanol–water partition coefficient (Wildman–Crippen LogP) is 2.65. The molecule has 0 aromatic carbocycles. The molecule has 0 rings (SSSR count). The summed E-state index contributed by atoms with van der Waals surface area (Å²) < 4.78 is 4.57. The van der Waals surface area contributed by atoms with Crippen molar-refractivity contribution in [1.29, 1.82) is 0 Å². The Hall–Kier alpha value is -1.43. The summed E-state index contributed by atoms with van der Waals surface area (Å²) in [5.74, 6) is -2.33. The topological polar surface area (TPSA) is 92.7 Å². The van der Waals surface area contributed by atoms with E-state index >= 15 is 0 Å². The van der Waals surface area contributed by atoms with Gasteiger partial charge in [-0.25, -0.2) is 0 Å². The van der Waals surface area contributed by atoms with E-state index in [1.54, 1.807) is 0 Å². The molecule has 0 aliphatic carbocycles. The van der Waals surface area contributed by atoms with E-state index in [2.05, 4.69) is 17.0 Å². The average Bonchev–Trinajstić information content (AvgIpc) is 2.45. The minimum Gasteiger partial charge on any atom is -0.480 e. The van der Waals surface area contributed by atoms with E-state index in [4.69, 9.17) is 5.11 Å². The number of unbranched alkanes of at least 4 members (excludes halogenated alkanes) is 8. The van der Waals surface area contributed by atoms with Crippen molar-refractivity contribution in [3.05, 3.63) is 0 Å². The van der Waals surface area contributed by atoms with E-state index in [0.29, 0.717) is 0 Å². The van der Waals surface area contributed by atoms with Crippen molar-refractivity contribution in [3.8, 4) is 0 Å². The molecule has 0 heterocycles. The normalized spacial score (nSPS) is 10.4. The zero-order chi connectivity index (χ0) is 16.6. The highest BCUT2D eigenvalue weighted by molar-refractivity contribution is 5.86. The van der Waals surface area contributed by atoms with Crippen LogP contribution in [0.15, 0.2) is 0 Å². The Morgan fingerprint density at radius 1 is 0.818 bits per heavy atom. The van der Waals surface area contributed by atoms with E-state index in [0.717, 1.165) is 19.3 Å². The third-order valence-corrected chi connectivity index (χ3v) is 3.26. The van der Waals surface area contributed by atoms with Crippen LogP contribution in [0.1, 0.15) is 71.1 Å². The van der Waals surface area contributed by atoms with Gasteiger partial charge in [0.2, 0.25) is 0 Å². The molecule has 128 valence electrons. The Kier molecular flexibility index (Phi) is 13.6. The SMILES string of the molecule is CCCCCCCCCCCC(=O)OC(=O)CNCC(=O)O. The number of nitrogens with one attached hydrogen (secondary N) is 1. The summed E-state index contributed by atoms with van der Waals surface area (Å²) >= 11 is 0. The Morgan fingerprint density at radius 3 is 1.91 bits per heavy atom. The van der Waals surface area contributed by atoms with Crippen LogP contribution in [0.25, 0.3) is 0 Å².